The summed E-state index contributed by atoms with van der Waals surface area (Å²) in [5.74, 6) is 1.64. The minimum atomic E-state index is -0.776. The fourth-order valence-electron chi connectivity index (χ4n) is 1.91. The van der Waals surface area contributed by atoms with Crippen LogP contribution in [-0.2, 0) is 4.79 Å². The number of nitrogens with one attached hydrogen (secondary N) is 1. The van der Waals surface area contributed by atoms with Crippen LogP contribution in [0.2, 0.25) is 0 Å². The van der Waals surface area contributed by atoms with Gasteiger partial charge in [0.2, 0.25) is 0 Å². The first-order valence-electron chi connectivity index (χ1n) is 7.01. The van der Waals surface area contributed by atoms with Crippen LogP contribution < -0.4 is 5.32 Å². The molecular formula is C14H29NO2S. The number of hydrogen-bond acceptors (Lipinski definition) is 3. The fourth-order valence-corrected chi connectivity index (χ4v) is 3.01. The minimum Gasteiger partial charge on any atom is -0.480 e. The topological polar surface area (TPSA) is 49.3 Å². The molecule has 0 aromatic rings. The Balaban J connectivity index is 3.81. The quantitative estimate of drug-likeness (QED) is 0.566. The summed E-state index contributed by atoms with van der Waals surface area (Å²) in [4.78, 5) is 11.3. The number of aliphatic carboxylic acids is 1. The van der Waals surface area contributed by atoms with Crippen molar-refractivity contribution in [1.29, 1.82) is 0 Å². The van der Waals surface area contributed by atoms with Gasteiger partial charge in [-0.3, -0.25) is 10.1 Å². The van der Waals surface area contributed by atoms with Gasteiger partial charge < -0.3 is 5.11 Å². The Morgan fingerprint density at radius 1 is 1.28 bits per heavy atom. The van der Waals surface area contributed by atoms with Crippen molar-refractivity contribution in [3.05, 3.63) is 0 Å². The zero-order valence-corrected chi connectivity index (χ0v) is 13.1. The third-order valence-electron chi connectivity index (χ3n) is 2.94. The van der Waals surface area contributed by atoms with Crippen LogP contribution in [0.25, 0.3) is 0 Å². The molecule has 108 valence electrons. The van der Waals surface area contributed by atoms with Crippen LogP contribution in [0.4, 0.5) is 0 Å². The Bertz CT molecular complexity index is 234. The smallest absolute Gasteiger partial charge is 0.323 e. The molecule has 0 spiro atoms. The summed E-state index contributed by atoms with van der Waals surface area (Å²) in [6.45, 7) is 7.97. The van der Waals surface area contributed by atoms with Crippen LogP contribution >= 0.6 is 11.8 Å². The van der Waals surface area contributed by atoms with Gasteiger partial charge in [-0.25, -0.2) is 0 Å². The van der Waals surface area contributed by atoms with E-state index in [-0.39, 0.29) is 6.04 Å². The Morgan fingerprint density at radius 3 is 2.39 bits per heavy atom. The maximum Gasteiger partial charge on any atom is 0.323 e. The number of carboxylic acids is 1. The van der Waals surface area contributed by atoms with Gasteiger partial charge in [0.05, 0.1) is 0 Å². The average molecular weight is 275 g/mol. The lowest BCUT2D eigenvalue weighted by atomic mass is 9.94. The molecule has 0 saturated heterocycles. The van der Waals surface area contributed by atoms with E-state index < -0.39 is 11.5 Å². The summed E-state index contributed by atoms with van der Waals surface area (Å²) < 4.78 is 0. The fraction of sp³-hybridized carbons (Fsp3) is 0.929. The van der Waals surface area contributed by atoms with Crippen molar-refractivity contribution < 1.29 is 9.90 Å². The Kier molecular flexibility index (Phi) is 9.56. The van der Waals surface area contributed by atoms with E-state index in [2.05, 4.69) is 12.2 Å². The van der Waals surface area contributed by atoms with E-state index in [1.54, 1.807) is 6.92 Å². The Morgan fingerprint density at radius 2 is 1.89 bits per heavy atom. The molecular weight excluding hydrogens is 246 g/mol. The second-order valence-corrected chi connectivity index (χ2v) is 6.58. The third-order valence-corrected chi connectivity index (χ3v) is 4.09. The zero-order chi connectivity index (χ0) is 14.0. The SMILES string of the molecule is CCCCSCCCCC(C)(NC(C)C)C(=O)O. The van der Waals surface area contributed by atoms with Gasteiger partial charge in [0.25, 0.3) is 0 Å². The van der Waals surface area contributed by atoms with Crippen molar-refractivity contribution in [2.45, 2.75) is 71.4 Å². The summed E-state index contributed by atoms with van der Waals surface area (Å²) in [5.41, 5.74) is -0.776. The summed E-state index contributed by atoms with van der Waals surface area (Å²) >= 11 is 1.98. The lowest BCUT2D eigenvalue weighted by Gasteiger charge is -2.28. The van der Waals surface area contributed by atoms with Crippen LogP contribution in [-0.4, -0.2) is 34.2 Å². The first kappa shape index (κ1) is 17.8. The van der Waals surface area contributed by atoms with Crippen LogP contribution in [0.3, 0.4) is 0 Å². The van der Waals surface area contributed by atoms with Crippen molar-refractivity contribution in [1.82, 2.24) is 5.32 Å². The van der Waals surface area contributed by atoms with Crippen LogP contribution in [0, 0.1) is 0 Å². The predicted octanol–water partition coefficient (Wildman–Crippen LogP) is 3.53. The molecule has 0 bridgehead atoms. The second-order valence-electron chi connectivity index (χ2n) is 5.36. The summed E-state index contributed by atoms with van der Waals surface area (Å²) in [6.07, 6.45) is 5.32. The Labute approximate surface area is 116 Å². The molecule has 0 fully saturated rings. The van der Waals surface area contributed by atoms with Gasteiger partial charge >= 0.3 is 5.97 Å². The van der Waals surface area contributed by atoms with E-state index in [0.717, 1.165) is 18.6 Å². The predicted molar refractivity (Wildman–Crippen MR) is 80.4 cm³/mol. The van der Waals surface area contributed by atoms with Crippen molar-refractivity contribution in [3.63, 3.8) is 0 Å². The number of rotatable bonds is 11. The van der Waals surface area contributed by atoms with Gasteiger partial charge in [-0.1, -0.05) is 19.8 Å². The van der Waals surface area contributed by atoms with Gasteiger partial charge in [-0.05, 0) is 51.5 Å². The highest BCUT2D eigenvalue weighted by Gasteiger charge is 2.32. The summed E-state index contributed by atoms with van der Waals surface area (Å²) in [5, 5.41) is 12.4. The van der Waals surface area contributed by atoms with Crippen LogP contribution in [0.1, 0.15) is 59.8 Å². The Hall–Kier alpha value is -0.220. The van der Waals surface area contributed by atoms with Crippen molar-refractivity contribution in [2.24, 2.45) is 0 Å². The number of thioether (sulfide) groups is 1. The molecule has 0 rings (SSSR count). The normalized spacial score (nSPS) is 14.7. The monoisotopic (exact) mass is 275 g/mol. The molecule has 0 saturated carbocycles. The maximum atomic E-state index is 11.3. The highest BCUT2D eigenvalue weighted by Crippen LogP contribution is 2.17. The second kappa shape index (κ2) is 9.68. The number of unbranched alkanes of at least 4 members (excludes halogenated alkanes) is 2. The van der Waals surface area contributed by atoms with E-state index in [0.29, 0.717) is 6.42 Å². The zero-order valence-electron chi connectivity index (χ0n) is 12.3. The van der Waals surface area contributed by atoms with E-state index in [9.17, 15) is 9.90 Å². The molecule has 1 atom stereocenters. The number of carboxylic acid groups (broad SMARTS) is 1. The molecule has 0 amide bonds. The van der Waals surface area contributed by atoms with E-state index in [1.165, 1.54) is 18.6 Å². The molecule has 2 N–H and O–H groups in total. The molecule has 0 heterocycles. The first-order valence-corrected chi connectivity index (χ1v) is 8.16. The van der Waals surface area contributed by atoms with Gasteiger partial charge in [-0.15, -0.1) is 0 Å². The largest absolute Gasteiger partial charge is 0.480 e. The molecule has 1 unspecified atom stereocenters. The highest BCUT2D eigenvalue weighted by atomic mass is 32.2. The van der Waals surface area contributed by atoms with E-state index >= 15 is 0 Å². The third kappa shape index (κ3) is 7.98. The summed E-state index contributed by atoms with van der Waals surface area (Å²) in [6, 6.07) is 0.199. The van der Waals surface area contributed by atoms with Crippen LogP contribution in [0.5, 0.6) is 0 Å². The number of carbonyl (C=O) groups is 1. The van der Waals surface area contributed by atoms with Crippen molar-refractivity contribution >= 4 is 17.7 Å². The average Bonchev–Trinajstić information content (AvgIpc) is 2.26. The molecule has 0 aliphatic heterocycles. The van der Waals surface area contributed by atoms with Gasteiger partial charge in [-0.2, -0.15) is 11.8 Å². The lowest BCUT2D eigenvalue weighted by molar-refractivity contribution is -0.144. The molecule has 0 aromatic carbocycles. The van der Waals surface area contributed by atoms with Crippen LogP contribution in [0.15, 0.2) is 0 Å². The minimum absolute atomic E-state index is 0.199. The maximum absolute atomic E-state index is 11.3. The first-order chi connectivity index (χ1) is 8.42. The summed E-state index contributed by atoms with van der Waals surface area (Å²) in [7, 11) is 0. The lowest BCUT2D eigenvalue weighted by Crippen LogP contribution is -2.52. The molecule has 0 aromatic heterocycles. The molecule has 18 heavy (non-hydrogen) atoms. The van der Waals surface area contributed by atoms with Gasteiger partial charge in [0.15, 0.2) is 0 Å². The van der Waals surface area contributed by atoms with Crippen molar-refractivity contribution in [2.75, 3.05) is 11.5 Å². The van der Waals surface area contributed by atoms with Crippen molar-refractivity contribution in [3.8, 4) is 0 Å². The van der Waals surface area contributed by atoms with E-state index in [1.807, 2.05) is 25.6 Å². The molecule has 0 aliphatic rings. The molecule has 4 heteroatoms. The standard InChI is InChI=1S/C14H29NO2S/c1-5-6-10-18-11-8-7-9-14(4,13(16)17)15-12(2)3/h12,15H,5-11H2,1-4H3,(H,16,17). The molecule has 0 radical (unpaired) electrons. The number of hydrogen-bond donors (Lipinski definition) is 2. The molecule has 0 aliphatic carbocycles. The highest BCUT2D eigenvalue weighted by molar-refractivity contribution is 7.99. The molecule has 3 nitrogen and oxygen atoms in total. The van der Waals surface area contributed by atoms with Gasteiger partial charge in [0, 0.05) is 6.04 Å². The van der Waals surface area contributed by atoms with E-state index in [4.69, 9.17) is 0 Å². The van der Waals surface area contributed by atoms with Gasteiger partial charge in [0.1, 0.15) is 5.54 Å².